The maximum absolute atomic E-state index is 13.2. The fraction of sp³-hybridized carbons (Fsp3) is 0.429. The Morgan fingerprint density at radius 3 is 2.22 bits per heavy atom. The summed E-state index contributed by atoms with van der Waals surface area (Å²) in [5.74, 6) is -1.75. The molecule has 1 aliphatic heterocycles. The minimum absolute atomic E-state index is 0.0412. The Morgan fingerprint density at radius 1 is 0.972 bits per heavy atom. The molecule has 0 aliphatic carbocycles. The van der Waals surface area contributed by atoms with Crippen molar-refractivity contribution < 1.29 is 19.6 Å². The van der Waals surface area contributed by atoms with Crippen molar-refractivity contribution >= 4 is 23.1 Å². The van der Waals surface area contributed by atoms with Crippen LogP contribution in [0.15, 0.2) is 60.2 Å². The molecular formula is C28H35N3O5. The van der Waals surface area contributed by atoms with Crippen LogP contribution in [0, 0.1) is 10.1 Å². The second kappa shape index (κ2) is 13.0. The van der Waals surface area contributed by atoms with Crippen LogP contribution in [-0.2, 0) is 9.59 Å². The van der Waals surface area contributed by atoms with Gasteiger partial charge < -0.3 is 14.9 Å². The van der Waals surface area contributed by atoms with Gasteiger partial charge in [-0.2, -0.15) is 0 Å². The number of Topliss-reactive ketones (excluding diaryl/α,β-unsaturated/α-hetero) is 1. The molecule has 3 rings (SSSR count). The third-order valence-electron chi connectivity index (χ3n) is 6.51. The molecule has 0 saturated carbocycles. The van der Waals surface area contributed by atoms with Gasteiger partial charge in [0, 0.05) is 24.2 Å². The Kier molecular flexibility index (Phi) is 9.76. The van der Waals surface area contributed by atoms with Gasteiger partial charge in [0.1, 0.15) is 5.76 Å². The molecule has 36 heavy (non-hydrogen) atoms. The van der Waals surface area contributed by atoms with Gasteiger partial charge in [-0.05, 0) is 44.5 Å². The summed E-state index contributed by atoms with van der Waals surface area (Å²) < 4.78 is 0. The SMILES string of the molecule is CCCCN(CCCC)CCCN1C(=O)C(=O)C(=C(O)c2ccccc2)[C@@H]1c1cccc([N+](=O)[O-])c1. The molecule has 2 aromatic carbocycles. The first-order valence-corrected chi connectivity index (χ1v) is 12.7. The summed E-state index contributed by atoms with van der Waals surface area (Å²) in [7, 11) is 0. The summed E-state index contributed by atoms with van der Waals surface area (Å²) >= 11 is 0. The summed E-state index contributed by atoms with van der Waals surface area (Å²) in [4.78, 5) is 41.1. The van der Waals surface area contributed by atoms with E-state index >= 15 is 0 Å². The summed E-state index contributed by atoms with van der Waals surface area (Å²) in [6, 6.07) is 13.6. The topological polar surface area (TPSA) is 104 Å². The molecule has 192 valence electrons. The number of non-ortho nitro benzene ring substituents is 1. The van der Waals surface area contributed by atoms with Crippen molar-refractivity contribution in [3.05, 3.63) is 81.4 Å². The molecule has 2 aromatic rings. The smallest absolute Gasteiger partial charge is 0.295 e. The van der Waals surface area contributed by atoms with Gasteiger partial charge in [0.25, 0.3) is 17.4 Å². The molecular weight excluding hydrogens is 458 g/mol. The summed E-state index contributed by atoms with van der Waals surface area (Å²) in [6.45, 7) is 7.36. The van der Waals surface area contributed by atoms with E-state index in [0.717, 1.165) is 45.3 Å². The number of nitro groups is 1. The van der Waals surface area contributed by atoms with E-state index in [1.54, 1.807) is 36.4 Å². The lowest BCUT2D eigenvalue weighted by atomic mass is 9.95. The molecule has 0 radical (unpaired) electrons. The predicted molar refractivity (Wildman–Crippen MR) is 139 cm³/mol. The minimum atomic E-state index is -0.898. The first kappa shape index (κ1) is 27.1. The highest BCUT2D eigenvalue weighted by atomic mass is 16.6. The number of hydrogen-bond acceptors (Lipinski definition) is 6. The van der Waals surface area contributed by atoms with Crippen molar-refractivity contribution in [3.63, 3.8) is 0 Å². The summed E-state index contributed by atoms with van der Waals surface area (Å²) in [5, 5.41) is 22.5. The highest BCUT2D eigenvalue weighted by Crippen LogP contribution is 2.40. The van der Waals surface area contributed by atoms with Gasteiger partial charge in [-0.1, -0.05) is 69.2 Å². The van der Waals surface area contributed by atoms with Crippen LogP contribution in [0.3, 0.4) is 0 Å². The fourth-order valence-electron chi connectivity index (χ4n) is 4.58. The molecule has 8 heteroatoms. The van der Waals surface area contributed by atoms with Crippen LogP contribution < -0.4 is 0 Å². The van der Waals surface area contributed by atoms with E-state index in [-0.39, 0.29) is 17.0 Å². The van der Waals surface area contributed by atoms with Crippen LogP contribution in [0.5, 0.6) is 0 Å². The molecule has 1 N–H and O–H groups in total. The number of nitro benzene ring substituents is 1. The largest absolute Gasteiger partial charge is 0.507 e. The average Bonchev–Trinajstić information content (AvgIpc) is 3.15. The number of benzene rings is 2. The first-order chi connectivity index (χ1) is 17.4. The normalized spacial score (nSPS) is 17.2. The maximum atomic E-state index is 13.2. The molecule has 0 spiro atoms. The number of ketones is 1. The molecule has 1 fully saturated rings. The molecule has 1 saturated heterocycles. The van der Waals surface area contributed by atoms with Crippen molar-refractivity contribution in [2.45, 2.75) is 52.0 Å². The average molecular weight is 494 g/mol. The molecule has 0 aromatic heterocycles. The monoisotopic (exact) mass is 493 g/mol. The van der Waals surface area contributed by atoms with Crippen molar-refractivity contribution in [2.75, 3.05) is 26.2 Å². The first-order valence-electron chi connectivity index (χ1n) is 12.7. The van der Waals surface area contributed by atoms with Gasteiger partial charge in [-0.15, -0.1) is 0 Å². The van der Waals surface area contributed by atoms with Gasteiger partial charge in [-0.3, -0.25) is 19.7 Å². The number of unbranched alkanes of at least 4 members (excludes halogenated alkanes) is 2. The Bertz CT molecular complexity index is 1090. The number of amides is 1. The van der Waals surface area contributed by atoms with Crippen molar-refractivity contribution in [1.29, 1.82) is 0 Å². The number of aliphatic hydroxyl groups is 1. The van der Waals surface area contributed by atoms with Gasteiger partial charge in [0.2, 0.25) is 0 Å². The Balaban J connectivity index is 1.95. The Labute approximate surface area is 212 Å². The fourth-order valence-corrected chi connectivity index (χ4v) is 4.58. The van der Waals surface area contributed by atoms with E-state index in [2.05, 4.69) is 18.7 Å². The van der Waals surface area contributed by atoms with Gasteiger partial charge in [0.15, 0.2) is 0 Å². The van der Waals surface area contributed by atoms with E-state index in [1.165, 1.54) is 23.1 Å². The van der Waals surface area contributed by atoms with Crippen LogP contribution in [0.1, 0.15) is 63.1 Å². The summed E-state index contributed by atoms with van der Waals surface area (Å²) in [5.41, 5.74) is 0.662. The van der Waals surface area contributed by atoms with E-state index in [9.17, 15) is 24.8 Å². The number of aliphatic hydroxyl groups excluding tert-OH is 1. The third kappa shape index (κ3) is 6.37. The van der Waals surface area contributed by atoms with Crippen LogP contribution in [-0.4, -0.2) is 57.7 Å². The molecule has 8 nitrogen and oxygen atoms in total. The number of nitrogens with zero attached hydrogens (tertiary/aromatic N) is 3. The van der Waals surface area contributed by atoms with Gasteiger partial charge >= 0.3 is 0 Å². The van der Waals surface area contributed by atoms with E-state index in [4.69, 9.17) is 0 Å². The second-order valence-corrected chi connectivity index (χ2v) is 9.11. The minimum Gasteiger partial charge on any atom is -0.507 e. The molecule has 1 atom stereocenters. The predicted octanol–water partition coefficient (Wildman–Crippen LogP) is 5.31. The standard InChI is InChI=1S/C28H35N3O5/c1-3-5-16-29(17-6-4-2)18-11-19-30-25(22-14-10-15-23(20-22)31(35)36)24(27(33)28(30)34)26(32)21-12-8-7-9-13-21/h7-10,12-15,20,25,32H,3-6,11,16-19H2,1-2H3/t25-/m0/s1. The van der Waals surface area contributed by atoms with E-state index < -0.39 is 22.7 Å². The third-order valence-corrected chi connectivity index (χ3v) is 6.51. The van der Waals surface area contributed by atoms with Crippen molar-refractivity contribution in [1.82, 2.24) is 9.80 Å². The Hall–Kier alpha value is -3.52. The van der Waals surface area contributed by atoms with E-state index in [1.807, 2.05) is 0 Å². The number of carbonyl (C=O) groups is 2. The van der Waals surface area contributed by atoms with Crippen molar-refractivity contribution in [3.8, 4) is 0 Å². The molecule has 0 unspecified atom stereocenters. The van der Waals surface area contributed by atoms with Crippen LogP contribution in [0.25, 0.3) is 5.76 Å². The van der Waals surface area contributed by atoms with Crippen LogP contribution in [0.2, 0.25) is 0 Å². The zero-order valence-electron chi connectivity index (χ0n) is 21.1. The second-order valence-electron chi connectivity index (χ2n) is 9.11. The number of rotatable bonds is 13. The van der Waals surface area contributed by atoms with E-state index in [0.29, 0.717) is 24.1 Å². The highest BCUT2D eigenvalue weighted by molar-refractivity contribution is 6.46. The highest BCUT2D eigenvalue weighted by Gasteiger charge is 2.46. The number of hydrogen-bond donors (Lipinski definition) is 1. The number of carbonyl (C=O) groups excluding carboxylic acids is 2. The molecule has 0 bridgehead atoms. The number of likely N-dealkylation sites (tertiary alicyclic amines) is 1. The Morgan fingerprint density at radius 2 is 1.61 bits per heavy atom. The summed E-state index contributed by atoms with van der Waals surface area (Å²) in [6.07, 6.45) is 5.04. The lowest BCUT2D eigenvalue weighted by molar-refractivity contribution is -0.384. The zero-order valence-corrected chi connectivity index (χ0v) is 21.1. The molecule has 1 heterocycles. The van der Waals surface area contributed by atoms with Gasteiger partial charge in [0.05, 0.1) is 16.5 Å². The zero-order chi connectivity index (χ0) is 26.1. The molecule has 1 amide bonds. The lowest BCUT2D eigenvalue weighted by Gasteiger charge is -2.27. The maximum Gasteiger partial charge on any atom is 0.295 e. The lowest BCUT2D eigenvalue weighted by Crippen LogP contribution is -2.34. The van der Waals surface area contributed by atoms with Crippen LogP contribution >= 0.6 is 0 Å². The molecule has 1 aliphatic rings. The van der Waals surface area contributed by atoms with Gasteiger partial charge in [-0.25, -0.2) is 0 Å². The quantitative estimate of drug-likeness (QED) is 0.133. The van der Waals surface area contributed by atoms with Crippen LogP contribution in [0.4, 0.5) is 5.69 Å². The van der Waals surface area contributed by atoms with Crippen molar-refractivity contribution in [2.24, 2.45) is 0 Å².